The smallest absolute Gasteiger partial charge is 0.550 e. The Kier molecular flexibility index (Phi) is 21.4. The van der Waals surface area contributed by atoms with Crippen molar-refractivity contribution in [1.82, 2.24) is 0 Å². The standard InChI is InChI=1S/C8H10O9.3Na/c9-5(10)1-3(7(13)14)17-4(8(15)16)2-6(11)12;;;/h3-4H,1-2H2,(H,9,10)(H,11,12)(H,13,14)(H,15,16);;;/q;3*+1/p-3. The van der Waals surface area contributed by atoms with E-state index in [4.69, 9.17) is 5.11 Å². The maximum atomic E-state index is 10.4. The fourth-order valence-corrected chi connectivity index (χ4v) is 0.882. The van der Waals surface area contributed by atoms with Crippen molar-refractivity contribution in [3.63, 3.8) is 0 Å². The average Bonchev–Trinajstić information content (AvgIpc) is 2.13. The molecule has 0 saturated heterocycles. The Morgan fingerprint density at radius 3 is 1.45 bits per heavy atom. The van der Waals surface area contributed by atoms with Crippen molar-refractivity contribution in [3.05, 3.63) is 0 Å². The van der Waals surface area contributed by atoms with E-state index in [9.17, 15) is 34.5 Å². The third-order valence-corrected chi connectivity index (χ3v) is 1.57. The van der Waals surface area contributed by atoms with Crippen molar-refractivity contribution < 1.29 is 133 Å². The second-order valence-corrected chi connectivity index (χ2v) is 2.93. The predicted molar refractivity (Wildman–Crippen MR) is 40.6 cm³/mol. The first-order chi connectivity index (χ1) is 7.73. The minimum Gasteiger partial charge on any atom is -0.550 e. The molecule has 2 atom stereocenters. The van der Waals surface area contributed by atoms with Crippen LogP contribution in [0.3, 0.4) is 0 Å². The molecule has 96 valence electrons. The monoisotopic (exact) mass is 316 g/mol. The first-order valence-electron chi connectivity index (χ1n) is 4.22. The van der Waals surface area contributed by atoms with Crippen LogP contribution in [-0.2, 0) is 23.9 Å². The van der Waals surface area contributed by atoms with Crippen LogP contribution in [0.15, 0.2) is 0 Å². The normalized spacial score (nSPS) is 11.6. The number of carboxylic acid groups (broad SMARTS) is 4. The molecule has 1 N–H and O–H groups in total. The van der Waals surface area contributed by atoms with Gasteiger partial charge in [0.15, 0.2) is 0 Å². The van der Waals surface area contributed by atoms with Gasteiger partial charge < -0.3 is 39.5 Å². The summed E-state index contributed by atoms with van der Waals surface area (Å²) in [4.78, 5) is 41.1. The average molecular weight is 316 g/mol. The summed E-state index contributed by atoms with van der Waals surface area (Å²) >= 11 is 0. The van der Waals surface area contributed by atoms with E-state index < -0.39 is 48.9 Å². The molecule has 9 nitrogen and oxygen atoms in total. The van der Waals surface area contributed by atoms with E-state index in [1.165, 1.54) is 0 Å². The van der Waals surface area contributed by atoms with Gasteiger partial charge in [0.25, 0.3) is 0 Å². The van der Waals surface area contributed by atoms with Gasteiger partial charge in [0.2, 0.25) is 0 Å². The van der Waals surface area contributed by atoms with E-state index in [0.717, 1.165) is 0 Å². The van der Waals surface area contributed by atoms with Crippen molar-refractivity contribution in [2.75, 3.05) is 0 Å². The number of ether oxygens (including phenoxy) is 1. The molecule has 0 heterocycles. The molecule has 0 aliphatic rings. The molecular formula is C8H7Na3O9. The fourth-order valence-electron chi connectivity index (χ4n) is 0.882. The van der Waals surface area contributed by atoms with E-state index in [2.05, 4.69) is 4.74 Å². The summed E-state index contributed by atoms with van der Waals surface area (Å²) in [5, 5.41) is 39.2. The third kappa shape index (κ3) is 13.8. The maximum Gasteiger partial charge on any atom is 1.00 e. The van der Waals surface area contributed by atoms with Gasteiger partial charge in [-0.3, -0.25) is 4.79 Å². The van der Waals surface area contributed by atoms with Gasteiger partial charge in [0.05, 0.1) is 18.4 Å². The van der Waals surface area contributed by atoms with E-state index in [-0.39, 0.29) is 88.7 Å². The number of hydrogen-bond acceptors (Lipinski definition) is 8. The molecule has 0 aliphatic heterocycles. The Morgan fingerprint density at radius 1 is 0.850 bits per heavy atom. The number of carboxylic acids is 4. The Bertz CT molecular complexity index is 314. The zero-order valence-corrected chi connectivity index (χ0v) is 17.3. The second kappa shape index (κ2) is 14.8. The van der Waals surface area contributed by atoms with Crippen LogP contribution in [0, 0.1) is 0 Å². The van der Waals surface area contributed by atoms with Crippen LogP contribution in [0.2, 0.25) is 0 Å². The van der Waals surface area contributed by atoms with E-state index in [1.54, 1.807) is 0 Å². The minimum atomic E-state index is -2.12. The summed E-state index contributed by atoms with van der Waals surface area (Å²) in [5.74, 6) is -7.36. The first kappa shape index (κ1) is 28.9. The summed E-state index contributed by atoms with van der Waals surface area (Å²) in [6.45, 7) is 0. The van der Waals surface area contributed by atoms with Gasteiger partial charge >= 0.3 is 94.6 Å². The molecule has 0 rings (SSSR count). The Labute approximate surface area is 179 Å². The molecular weight excluding hydrogens is 309 g/mol. The predicted octanol–water partition coefficient (Wildman–Crippen LogP) is -14.1. The number of carbonyl (C=O) groups excluding carboxylic acids is 3. The van der Waals surface area contributed by atoms with Crippen molar-refractivity contribution >= 4 is 23.9 Å². The molecule has 0 aromatic rings. The largest absolute Gasteiger partial charge is 1.00 e. The minimum absolute atomic E-state index is 0. The zero-order valence-electron chi connectivity index (χ0n) is 11.3. The fraction of sp³-hybridized carbons (Fsp3) is 0.500. The van der Waals surface area contributed by atoms with Crippen LogP contribution < -0.4 is 104 Å². The molecule has 2 unspecified atom stereocenters. The van der Waals surface area contributed by atoms with Crippen LogP contribution in [0.4, 0.5) is 0 Å². The summed E-state index contributed by atoms with van der Waals surface area (Å²) in [7, 11) is 0. The van der Waals surface area contributed by atoms with E-state index >= 15 is 0 Å². The van der Waals surface area contributed by atoms with Crippen molar-refractivity contribution in [2.45, 2.75) is 25.0 Å². The summed E-state index contributed by atoms with van der Waals surface area (Å²) in [6.07, 6.45) is -6.44. The Hall–Kier alpha value is 0.840. The Balaban J connectivity index is -0.000000427. The van der Waals surface area contributed by atoms with Crippen molar-refractivity contribution in [3.8, 4) is 0 Å². The van der Waals surface area contributed by atoms with Gasteiger partial charge in [0, 0.05) is 12.4 Å². The number of carbonyl (C=O) groups is 4. The number of aliphatic carboxylic acids is 4. The maximum absolute atomic E-state index is 10.4. The van der Waals surface area contributed by atoms with Gasteiger partial charge in [0.1, 0.15) is 12.2 Å². The molecule has 0 bridgehead atoms. The molecule has 0 saturated carbocycles. The number of rotatable bonds is 8. The topological polar surface area (TPSA) is 167 Å². The van der Waals surface area contributed by atoms with E-state index in [1.807, 2.05) is 0 Å². The molecule has 0 aromatic heterocycles. The third-order valence-electron chi connectivity index (χ3n) is 1.57. The zero-order chi connectivity index (χ0) is 13.6. The molecule has 12 heteroatoms. The molecule has 0 radical (unpaired) electrons. The van der Waals surface area contributed by atoms with Crippen LogP contribution in [0.25, 0.3) is 0 Å². The quantitative estimate of drug-likeness (QED) is 0.427. The number of hydrogen-bond donors (Lipinski definition) is 1. The molecule has 0 amide bonds. The van der Waals surface area contributed by atoms with Gasteiger partial charge in [-0.2, -0.15) is 0 Å². The van der Waals surface area contributed by atoms with Crippen molar-refractivity contribution in [1.29, 1.82) is 0 Å². The van der Waals surface area contributed by atoms with Gasteiger partial charge in [-0.1, -0.05) is 0 Å². The van der Waals surface area contributed by atoms with Crippen molar-refractivity contribution in [2.24, 2.45) is 0 Å². The molecule has 0 aliphatic carbocycles. The van der Waals surface area contributed by atoms with Gasteiger partial charge in [-0.15, -0.1) is 0 Å². The molecule has 20 heavy (non-hydrogen) atoms. The van der Waals surface area contributed by atoms with Gasteiger partial charge in [-0.25, -0.2) is 0 Å². The SMILES string of the molecule is O=C([O-])CC(OC(CC(=O)O)C(=O)[O-])C(=O)[O-].[Na+].[Na+].[Na+]. The summed E-state index contributed by atoms with van der Waals surface area (Å²) < 4.78 is 4.27. The first-order valence-corrected chi connectivity index (χ1v) is 4.22. The van der Waals surface area contributed by atoms with Crippen LogP contribution in [0.5, 0.6) is 0 Å². The molecule has 0 spiro atoms. The summed E-state index contributed by atoms with van der Waals surface area (Å²) in [5.41, 5.74) is 0. The molecule has 0 aromatic carbocycles. The van der Waals surface area contributed by atoms with E-state index in [0.29, 0.717) is 0 Å². The molecule has 0 fully saturated rings. The van der Waals surface area contributed by atoms with Crippen LogP contribution >= 0.6 is 0 Å². The second-order valence-electron chi connectivity index (χ2n) is 2.93. The van der Waals surface area contributed by atoms with Gasteiger partial charge in [-0.05, 0) is 0 Å². The Morgan fingerprint density at radius 2 is 1.20 bits per heavy atom. The summed E-state index contributed by atoms with van der Waals surface area (Å²) in [6, 6.07) is 0. The van der Waals surface area contributed by atoms with Crippen LogP contribution in [0.1, 0.15) is 12.8 Å². The van der Waals surface area contributed by atoms with Crippen LogP contribution in [-0.4, -0.2) is 41.2 Å².